The average molecular weight is 293 g/mol. The molecule has 0 saturated heterocycles. The fourth-order valence-electron chi connectivity index (χ4n) is 1.96. The Labute approximate surface area is 121 Å². The normalized spacial score (nSPS) is 10.6. The first-order valence-corrected chi connectivity index (χ1v) is 6.69. The van der Waals surface area contributed by atoms with E-state index >= 15 is 0 Å². The van der Waals surface area contributed by atoms with Crippen molar-refractivity contribution in [2.24, 2.45) is 0 Å². The summed E-state index contributed by atoms with van der Waals surface area (Å²) in [4.78, 5) is 12.3. The zero-order valence-corrected chi connectivity index (χ0v) is 12.0. The van der Waals surface area contributed by atoms with Gasteiger partial charge in [-0.15, -0.1) is 0 Å². The van der Waals surface area contributed by atoms with Crippen LogP contribution in [0.5, 0.6) is 0 Å². The number of halogens is 2. The summed E-state index contributed by atoms with van der Waals surface area (Å²) in [6.07, 6.45) is 0.566. The highest BCUT2D eigenvalue weighted by Gasteiger charge is 2.15. The second-order valence-corrected chi connectivity index (χ2v) is 4.97. The molecule has 2 rings (SSSR count). The lowest BCUT2D eigenvalue weighted by molar-refractivity contribution is 0.0990. The van der Waals surface area contributed by atoms with Gasteiger partial charge in [0.05, 0.1) is 11.4 Å². The summed E-state index contributed by atoms with van der Waals surface area (Å²) >= 11 is 5.83. The van der Waals surface area contributed by atoms with Crippen LogP contribution in [0, 0.1) is 12.7 Å². The maximum Gasteiger partial charge on any atom is 0.169 e. The van der Waals surface area contributed by atoms with Gasteiger partial charge in [0.25, 0.3) is 0 Å². The zero-order valence-electron chi connectivity index (χ0n) is 11.3. The maximum absolute atomic E-state index is 13.7. The van der Waals surface area contributed by atoms with Crippen molar-refractivity contribution < 1.29 is 9.18 Å². The third-order valence-electron chi connectivity index (χ3n) is 2.99. The molecule has 1 aromatic heterocycles. The summed E-state index contributed by atoms with van der Waals surface area (Å²) in [5.74, 6) is -0.611. The standard InChI is InChI=1S/C15H14ClFN2O/c1-3-14-12(6-9(2)18-19-14)15(20)8-10-7-11(16)4-5-13(10)17/h4-7H,3,8H2,1-2H3. The molecule has 0 amide bonds. The number of hydrogen-bond acceptors (Lipinski definition) is 3. The Balaban J connectivity index is 2.32. The molecule has 0 fully saturated rings. The third-order valence-corrected chi connectivity index (χ3v) is 3.22. The highest BCUT2D eigenvalue weighted by atomic mass is 35.5. The summed E-state index contributed by atoms with van der Waals surface area (Å²) in [5.41, 5.74) is 2.08. The van der Waals surface area contributed by atoms with Gasteiger partial charge in [-0.05, 0) is 43.2 Å². The van der Waals surface area contributed by atoms with Gasteiger partial charge < -0.3 is 0 Å². The smallest absolute Gasteiger partial charge is 0.169 e. The number of carbonyl (C=O) groups is 1. The van der Waals surface area contributed by atoms with Gasteiger partial charge in [-0.1, -0.05) is 18.5 Å². The molecule has 0 saturated carbocycles. The lowest BCUT2D eigenvalue weighted by atomic mass is 10.0. The molecule has 0 spiro atoms. The molecule has 1 heterocycles. The first-order valence-electron chi connectivity index (χ1n) is 6.31. The van der Waals surface area contributed by atoms with Crippen molar-refractivity contribution in [2.45, 2.75) is 26.7 Å². The van der Waals surface area contributed by atoms with E-state index in [4.69, 9.17) is 11.6 Å². The molecule has 0 aliphatic carbocycles. The first-order chi connectivity index (χ1) is 9.51. The monoisotopic (exact) mass is 292 g/mol. The number of aromatic nitrogens is 2. The summed E-state index contributed by atoms with van der Waals surface area (Å²) in [5, 5.41) is 8.35. The van der Waals surface area contributed by atoms with E-state index in [0.717, 1.165) is 0 Å². The van der Waals surface area contributed by atoms with Gasteiger partial charge in [0.15, 0.2) is 5.78 Å². The zero-order chi connectivity index (χ0) is 14.7. The molecule has 3 nitrogen and oxygen atoms in total. The van der Waals surface area contributed by atoms with Crippen LogP contribution in [0.25, 0.3) is 0 Å². The highest BCUT2D eigenvalue weighted by molar-refractivity contribution is 6.30. The van der Waals surface area contributed by atoms with Crippen LogP contribution in [-0.4, -0.2) is 16.0 Å². The lowest BCUT2D eigenvalue weighted by Crippen LogP contribution is -2.11. The van der Waals surface area contributed by atoms with Crippen LogP contribution in [0.3, 0.4) is 0 Å². The number of aryl methyl sites for hydroxylation is 2. The number of rotatable bonds is 4. The van der Waals surface area contributed by atoms with E-state index in [-0.39, 0.29) is 12.2 Å². The number of hydrogen-bond donors (Lipinski definition) is 0. The van der Waals surface area contributed by atoms with E-state index < -0.39 is 5.82 Å². The molecule has 5 heteroatoms. The summed E-state index contributed by atoms with van der Waals surface area (Å²) in [6, 6.07) is 5.89. The van der Waals surface area contributed by atoms with Crippen molar-refractivity contribution in [1.82, 2.24) is 10.2 Å². The quantitative estimate of drug-likeness (QED) is 0.809. The predicted molar refractivity (Wildman–Crippen MR) is 75.6 cm³/mol. The van der Waals surface area contributed by atoms with Crippen LogP contribution in [0.4, 0.5) is 4.39 Å². The molecule has 0 unspecified atom stereocenters. The number of benzene rings is 1. The SMILES string of the molecule is CCc1nnc(C)cc1C(=O)Cc1cc(Cl)ccc1F. The van der Waals surface area contributed by atoms with Gasteiger partial charge >= 0.3 is 0 Å². The second kappa shape index (κ2) is 6.09. The van der Waals surface area contributed by atoms with Crippen LogP contribution < -0.4 is 0 Å². The molecule has 0 aliphatic heterocycles. The molecule has 0 N–H and O–H groups in total. The molecule has 0 aliphatic rings. The largest absolute Gasteiger partial charge is 0.294 e. The minimum atomic E-state index is -0.431. The van der Waals surface area contributed by atoms with Crippen LogP contribution in [0.1, 0.15) is 34.2 Å². The highest BCUT2D eigenvalue weighted by Crippen LogP contribution is 2.18. The van der Waals surface area contributed by atoms with Gasteiger partial charge in [-0.25, -0.2) is 4.39 Å². The third kappa shape index (κ3) is 3.20. The predicted octanol–water partition coefficient (Wildman–Crippen LogP) is 3.57. The van der Waals surface area contributed by atoms with Gasteiger partial charge in [0.1, 0.15) is 5.82 Å². The molecule has 104 valence electrons. The average Bonchev–Trinajstić information content (AvgIpc) is 2.42. The fraction of sp³-hybridized carbons (Fsp3) is 0.267. The maximum atomic E-state index is 13.7. The van der Waals surface area contributed by atoms with E-state index in [1.807, 2.05) is 6.92 Å². The van der Waals surface area contributed by atoms with E-state index in [0.29, 0.717) is 34.0 Å². The summed E-state index contributed by atoms with van der Waals surface area (Å²) in [6.45, 7) is 3.67. The fourth-order valence-corrected chi connectivity index (χ4v) is 2.16. The van der Waals surface area contributed by atoms with E-state index in [9.17, 15) is 9.18 Å². The van der Waals surface area contributed by atoms with E-state index in [1.54, 1.807) is 13.0 Å². The molecular weight excluding hydrogens is 279 g/mol. The van der Waals surface area contributed by atoms with Crippen molar-refractivity contribution in [1.29, 1.82) is 0 Å². The van der Waals surface area contributed by atoms with Crippen LogP contribution in [-0.2, 0) is 12.8 Å². The van der Waals surface area contributed by atoms with Crippen molar-refractivity contribution in [3.63, 3.8) is 0 Å². The molecular formula is C15H14ClFN2O. The van der Waals surface area contributed by atoms with Gasteiger partial charge in [0, 0.05) is 17.0 Å². The number of Topliss-reactive ketones (excluding diaryl/α,β-unsaturated/α-hetero) is 1. The van der Waals surface area contributed by atoms with Crippen LogP contribution in [0.15, 0.2) is 24.3 Å². The number of ketones is 1. The molecule has 2 aromatic rings. The summed E-state index contributed by atoms with van der Waals surface area (Å²) < 4.78 is 13.7. The topological polar surface area (TPSA) is 42.9 Å². The van der Waals surface area contributed by atoms with E-state index in [1.165, 1.54) is 18.2 Å². The van der Waals surface area contributed by atoms with Gasteiger partial charge in [-0.2, -0.15) is 10.2 Å². The lowest BCUT2D eigenvalue weighted by Gasteiger charge is -2.07. The Bertz CT molecular complexity index is 658. The summed E-state index contributed by atoms with van der Waals surface area (Å²) in [7, 11) is 0. The molecule has 0 bridgehead atoms. The molecule has 0 atom stereocenters. The Morgan fingerprint density at radius 3 is 2.75 bits per heavy atom. The van der Waals surface area contributed by atoms with Gasteiger partial charge in [-0.3, -0.25) is 4.79 Å². The molecule has 1 aromatic carbocycles. The Kier molecular flexibility index (Phi) is 4.45. The first kappa shape index (κ1) is 14.6. The van der Waals surface area contributed by atoms with Crippen molar-refractivity contribution in [3.05, 3.63) is 57.6 Å². The Hall–Kier alpha value is -1.81. The van der Waals surface area contributed by atoms with Crippen LogP contribution >= 0.6 is 11.6 Å². The van der Waals surface area contributed by atoms with Gasteiger partial charge in [0.2, 0.25) is 0 Å². The Morgan fingerprint density at radius 2 is 2.05 bits per heavy atom. The molecule has 20 heavy (non-hydrogen) atoms. The minimum absolute atomic E-state index is 0.0372. The van der Waals surface area contributed by atoms with Crippen LogP contribution in [0.2, 0.25) is 5.02 Å². The minimum Gasteiger partial charge on any atom is -0.294 e. The number of nitrogens with zero attached hydrogens (tertiary/aromatic N) is 2. The van der Waals surface area contributed by atoms with Crippen molar-refractivity contribution in [2.75, 3.05) is 0 Å². The van der Waals surface area contributed by atoms with Crippen molar-refractivity contribution >= 4 is 17.4 Å². The van der Waals surface area contributed by atoms with Crippen molar-refractivity contribution in [3.8, 4) is 0 Å². The Morgan fingerprint density at radius 1 is 1.30 bits per heavy atom. The number of carbonyl (C=O) groups excluding carboxylic acids is 1. The molecule has 0 radical (unpaired) electrons. The van der Waals surface area contributed by atoms with E-state index in [2.05, 4.69) is 10.2 Å². The second-order valence-electron chi connectivity index (χ2n) is 4.54.